The maximum atomic E-state index is 12.1. The molecule has 0 N–H and O–H groups in total. The first-order chi connectivity index (χ1) is 15.4. The number of hydrogen-bond acceptors (Lipinski definition) is 3. The molecule has 32 heavy (non-hydrogen) atoms. The van der Waals surface area contributed by atoms with Crippen LogP contribution in [0.5, 0.6) is 0 Å². The third-order valence-electron chi connectivity index (χ3n) is 5.45. The van der Waals surface area contributed by atoms with Gasteiger partial charge in [-0.25, -0.2) is 0 Å². The van der Waals surface area contributed by atoms with Gasteiger partial charge >= 0.3 is 0 Å². The summed E-state index contributed by atoms with van der Waals surface area (Å²) in [6.07, 6.45) is 5.39. The van der Waals surface area contributed by atoms with E-state index < -0.39 is 0 Å². The van der Waals surface area contributed by atoms with Crippen molar-refractivity contribution in [3.05, 3.63) is 87.7 Å². The van der Waals surface area contributed by atoms with Crippen LogP contribution in [-0.4, -0.2) is 22.5 Å². The first-order valence-corrected chi connectivity index (χ1v) is 11.8. The van der Waals surface area contributed by atoms with Gasteiger partial charge < -0.3 is 9.42 Å². The Morgan fingerprint density at radius 3 is 2.09 bits per heavy atom. The molecule has 1 atom stereocenters. The average Bonchev–Trinajstić information content (AvgIpc) is 3.52. The van der Waals surface area contributed by atoms with E-state index in [1.165, 1.54) is 18.4 Å². The van der Waals surface area contributed by atoms with E-state index in [9.17, 15) is 4.79 Å². The van der Waals surface area contributed by atoms with Gasteiger partial charge in [-0.3, -0.25) is 4.79 Å². The maximum absolute atomic E-state index is 12.1. The Balaban J connectivity index is 0.000000169. The van der Waals surface area contributed by atoms with Crippen LogP contribution >= 0.6 is 23.2 Å². The molecule has 2 heterocycles. The van der Waals surface area contributed by atoms with Crippen LogP contribution in [0.25, 0.3) is 0 Å². The molecule has 2 aromatic carbocycles. The lowest BCUT2D eigenvalue weighted by molar-refractivity contribution is -0.136. The molecule has 1 aliphatic heterocycles. The van der Waals surface area contributed by atoms with Crippen LogP contribution in [0.2, 0.25) is 10.0 Å². The SMILES string of the molecule is Cc1cc(C)on1.Clc1ccccc1.O=C1CCCC(c2ccc(Cl)cc2)N1CC1CC1. The van der Waals surface area contributed by atoms with Crippen molar-refractivity contribution in [2.75, 3.05) is 6.54 Å². The van der Waals surface area contributed by atoms with Gasteiger partial charge in [0.25, 0.3) is 0 Å². The van der Waals surface area contributed by atoms with Gasteiger partial charge in [-0.1, -0.05) is 58.7 Å². The third kappa shape index (κ3) is 7.99. The van der Waals surface area contributed by atoms with Gasteiger partial charge in [0.05, 0.1) is 11.7 Å². The number of rotatable bonds is 3. The van der Waals surface area contributed by atoms with Gasteiger partial charge in [0.15, 0.2) is 0 Å². The molecule has 0 bridgehead atoms. The van der Waals surface area contributed by atoms with Gasteiger partial charge in [-0.15, -0.1) is 0 Å². The Kier molecular flexibility index (Phi) is 9.19. The van der Waals surface area contributed by atoms with Gasteiger partial charge in [0.1, 0.15) is 5.76 Å². The molecule has 1 aliphatic carbocycles. The molecule has 0 radical (unpaired) electrons. The summed E-state index contributed by atoms with van der Waals surface area (Å²) in [5, 5.41) is 5.19. The largest absolute Gasteiger partial charge is 0.361 e. The Hall–Kier alpha value is -2.30. The smallest absolute Gasteiger partial charge is 0.223 e. The minimum absolute atomic E-state index is 0.268. The number of carbonyl (C=O) groups excluding carboxylic acids is 1. The number of aryl methyl sites for hydroxylation is 2. The molecule has 3 aromatic rings. The van der Waals surface area contributed by atoms with Crippen LogP contribution in [0.4, 0.5) is 0 Å². The van der Waals surface area contributed by atoms with Crippen molar-refractivity contribution in [2.24, 2.45) is 5.92 Å². The molecular formula is C26H30Cl2N2O2. The minimum atomic E-state index is 0.268. The fourth-order valence-electron chi connectivity index (χ4n) is 3.66. The van der Waals surface area contributed by atoms with Crippen LogP contribution in [0, 0.1) is 19.8 Å². The lowest BCUT2D eigenvalue weighted by Crippen LogP contribution is -2.39. The molecule has 5 rings (SSSR count). The number of benzene rings is 2. The molecule has 0 spiro atoms. The normalized spacial score (nSPS) is 17.7. The monoisotopic (exact) mass is 472 g/mol. The maximum Gasteiger partial charge on any atom is 0.223 e. The highest BCUT2D eigenvalue weighted by Gasteiger charge is 2.33. The summed E-state index contributed by atoms with van der Waals surface area (Å²) < 4.78 is 4.71. The van der Waals surface area contributed by atoms with E-state index in [0.29, 0.717) is 5.91 Å². The first kappa shape index (κ1) is 24.3. The van der Waals surface area contributed by atoms with E-state index in [2.05, 4.69) is 22.2 Å². The summed E-state index contributed by atoms with van der Waals surface area (Å²) >= 11 is 11.5. The zero-order valence-corrected chi connectivity index (χ0v) is 20.1. The van der Waals surface area contributed by atoms with E-state index >= 15 is 0 Å². The zero-order valence-electron chi connectivity index (χ0n) is 18.6. The zero-order chi connectivity index (χ0) is 22.9. The summed E-state index contributed by atoms with van der Waals surface area (Å²) in [5.74, 6) is 1.95. The fourth-order valence-corrected chi connectivity index (χ4v) is 3.94. The Bertz CT molecular complexity index is 953. The van der Waals surface area contributed by atoms with Crippen molar-refractivity contribution in [1.29, 1.82) is 0 Å². The molecular weight excluding hydrogens is 443 g/mol. The molecule has 1 amide bonds. The van der Waals surface area contributed by atoms with Crippen LogP contribution in [0.15, 0.2) is 65.2 Å². The van der Waals surface area contributed by atoms with Gasteiger partial charge in [0, 0.05) is 29.1 Å². The minimum Gasteiger partial charge on any atom is -0.361 e. The second kappa shape index (κ2) is 12.1. The number of piperidine rings is 1. The first-order valence-electron chi connectivity index (χ1n) is 11.1. The topological polar surface area (TPSA) is 46.3 Å². The van der Waals surface area contributed by atoms with Gasteiger partial charge in [0.2, 0.25) is 5.91 Å². The highest BCUT2D eigenvalue weighted by Crippen LogP contribution is 2.37. The molecule has 1 saturated heterocycles. The molecule has 1 saturated carbocycles. The molecule has 6 heteroatoms. The lowest BCUT2D eigenvalue weighted by Gasteiger charge is -2.36. The summed E-state index contributed by atoms with van der Waals surface area (Å²) in [6.45, 7) is 4.72. The van der Waals surface area contributed by atoms with E-state index in [1.54, 1.807) is 0 Å². The number of likely N-dealkylation sites (tertiary alicyclic amines) is 1. The molecule has 2 aliphatic rings. The lowest BCUT2D eigenvalue weighted by atomic mass is 9.94. The van der Waals surface area contributed by atoms with E-state index in [1.807, 2.05) is 62.4 Å². The third-order valence-corrected chi connectivity index (χ3v) is 5.95. The van der Waals surface area contributed by atoms with Crippen molar-refractivity contribution in [3.63, 3.8) is 0 Å². The fraction of sp³-hybridized carbons (Fsp3) is 0.385. The van der Waals surface area contributed by atoms with Crippen molar-refractivity contribution >= 4 is 29.1 Å². The molecule has 1 unspecified atom stereocenters. The standard InChI is InChI=1S/C15H18ClNO.C6H5Cl.C5H7NO/c16-13-8-6-12(7-9-13)14-2-1-3-15(18)17(14)10-11-4-5-11;7-6-4-2-1-3-5-6;1-4-3-5(2)7-6-4/h6-9,11,14H,1-5,10H2;1-5H;3H,1-2H3. The highest BCUT2D eigenvalue weighted by atomic mass is 35.5. The second-order valence-electron chi connectivity index (χ2n) is 8.32. The van der Waals surface area contributed by atoms with E-state index in [-0.39, 0.29) is 6.04 Å². The number of aromatic nitrogens is 1. The summed E-state index contributed by atoms with van der Waals surface area (Å²) in [7, 11) is 0. The Morgan fingerprint density at radius 2 is 1.62 bits per heavy atom. The highest BCUT2D eigenvalue weighted by molar-refractivity contribution is 6.30. The van der Waals surface area contributed by atoms with Gasteiger partial charge in [-0.05, 0) is 75.3 Å². The van der Waals surface area contributed by atoms with Crippen molar-refractivity contribution in [1.82, 2.24) is 10.1 Å². The predicted octanol–water partition coefficient (Wildman–Crippen LogP) is 7.44. The summed E-state index contributed by atoms with van der Waals surface area (Å²) in [6, 6.07) is 19.6. The average molecular weight is 473 g/mol. The summed E-state index contributed by atoms with van der Waals surface area (Å²) in [5.41, 5.74) is 2.17. The van der Waals surface area contributed by atoms with Crippen LogP contribution in [0.1, 0.15) is 55.2 Å². The Morgan fingerprint density at radius 1 is 0.969 bits per heavy atom. The second-order valence-corrected chi connectivity index (χ2v) is 9.20. The number of halogens is 2. The van der Waals surface area contributed by atoms with Crippen LogP contribution in [0.3, 0.4) is 0 Å². The Labute approximate surface area is 200 Å². The molecule has 4 nitrogen and oxygen atoms in total. The summed E-state index contributed by atoms with van der Waals surface area (Å²) in [4.78, 5) is 14.2. The molecule has 2 fully saturated rings. The number of hydrogen-bond donors (Lipinski definition) is 0. The molecule has 170 valence electrons. The van der Waals surface area contributed by atoms with Gasteiger partial charge in [-0.2, -0.15) is 0 Å². The predicted molar refractivity (Wildman–Crippen MR) is 130 cm³/mol. The van der Waals surface area contributed by atoms with E-state index in [0.717, 1.165) is 53.2 Å². The van der Waals surface area contributed by atoms with Crippen molar-refractivity contribution < 1.29 is 9.32 Å². The van der Waals surface area contributed by atoms with Crippen molar-refractivity contribution in [3.8, 4) is 0 Å². The van der Waals surface area contributed by atoms with E-state index in [4.69, 9.17) is 27.7 Å². The molecule has 1 aromatic heterocycles. The quantitative estimate of drug-likeness (QED) is 0.397. The van der Waals surface area contributed by atoms with Crippen LogP contribution in [-0.2, 0) is 4.79 Å². The van der Waals surface area contributed by atoms with Crippen molar-refractivity contribution in [2.45, 2.75) is 52.0 Å². The number of carbonyl (C=O) groups is 1. The number of amides is 1. The number of nitrogens with zero attached hydrogens (tertiary/aromatic N) is 2. The van der Waals surface area contributed by atoms with Crippen LogP contribution < -0.4 is 0 Å².